The van der Waals surface area contributed by atoms with E-state index in [0.717, 1.165) is 16.9 Å². The number of halogens is 1. The Morgan fingerprint density at radius 2 is 1.47 bits per heavy atom. The van der Waals surface area contributed by atoms with Crippen molar-refractivity contribution in [2.45, 2.75) is 51.5 Å². The van der Waals surface area contributed by atoms with Crippen molar-refractivity contribution >= 4 is 11.6 Å². The maximum absolute atomic E-state index is 10.2. The van der Waals surface area contributed by atoms with Gasteiger partial charge in [-0.15, -0.1) is 0 Å². The number of aliphatic hydroxyl groups excluding tert-OH is 6. The second-order valence-electron chi connectivity index (χ2n) is 6.97. The van der Waals surface area contributed by atoms with Crippen LogP contribution >= 0.6 is 11.6 Å². The van der Waals surface area contributed by atoms with Crippen molar-refractivity contribution in [1.82, 2.24) is 0 Å². The highest BCUT2D eigenvalue weighted by molar-refractivity contribution is 6.31. The Kier molecular flexibility index (Phi) is 16.9. The first-order valence-corrected chi connectivity index (χ1v) is 10.3. The highest BCUT2D eigenvalue weighted by Gasteiger charge is 2.43. The molecule has 10 nitrogen and oxygen atoms in total. The van der Waals surface area contributed by atoms with Crippen molar-refractivity contribution in [2.24, 2.45) is 0 Å². The molecule has 1 aliphatic heterocycles. The Labute approximate surface area is 204 Å². The van der Waals surface area contributed by atoms with Gasteiger partial charge >= 0.3 is 0 Å². The van der Waals surface area contributed by atoms with E-state index in [4.69, 9.17) is 31.3 Å². The molecule has 2 aromatic rings. The second kappa shape index (κ2) is 16.7. The maximum Gasteiger partial charge on any atom is 0.184 e. The molecule has 1 aliphatic rings. The van der Waals surface area contributed by atoms with Gasteiger partial charge in [-0.3, -0.25) is 0 Å². The van der Waals surface area contributed by atoms with Crippen molar-refractivity contribution in [2.75, 3.05) is 19.8 Å². The van der Waals surface area contributed by atoms with E-state index >= 15 is 0 Å². The molecule has 1 heterocycles. The molecule has 2 aromatic carbocycles. The summed E-state index contributed by atoms with van der Waals surface area (Å²) in [6, 6.07) is 12.8. The van der Waals surface area contributed by atoms with E-state index < -0.39 is 30.7 Å². The van der Waals surface area contributed by atoms with Crippen LogP contribution in [-0.4, -0.2) is 86.0 Å². The normalized spacial score (nSPS) is 23.2. The minimum atomic E-state index is -1.58. The Morgan fingerprint density at radius 1 is 0.882 bits per heavy atom. The minimum Gasteiger partial charge on any atom is -0.494 e. The van der Waals surface area contributed by atoms with Crippen LogP contribution in [0, 0.1) is 0 Å². The quantitative estimate of drug-likeness (QED) is 0.306. The first-order chi connectivity index (χ1) is 14.8. The molecule has 1 saturated heterocycles. The van der Waals surface area contributed by atoms with E-state index in [9.17, 15) is 20.4 Å². The fraction of sp³-hybridized carbons (Fsp3) is 0.478. The molecule has 0 aliphatic carbocycles. The third-order valence-electron chi connectivity index (χ3n) is 4.72. The zero-order chi connectivity index (χ0) is 23.0. The summed E-state index contributed by atoms with van der Waals surface area (Å²) < 4.78 is 10.7. The summed E-state index contributed by atoms with van der Waals surface area (Å²) in [6.07, 6.45) is -6.46. The first-order valence-electron chi connectivity index (χ1n) is 9.91. The third kappa shape index (κ3) is 9.08. The van der Waals surface area contributed by atoms with Gasteiger partial charge in [0.2, 0.25) is 0 Å². The van der Waals surface area contributed by atoms with Crippen LogP contribution in [0.4, 0.5) is 0 Å². The fourth-order valence-electron chi connectivity index (χ4n) is 3.13. The molecule has 0 amide bonds. The Morgan fingerprint density at radius 3 is 2.00 bits per heavy atom. The van der Waals surface area contributed by atoms with Crippen molar-refractivity contribution in [3.63, 3.8) is 0 Å². The highest BCUT2D eigenvalue weighted by atomic mass is 35.5. The van der Waals surface area contributed by atoms with E-state index in [1.807, 2.05) is 31.2 Å². The largest absolute Gasteiger partial charge is 0.494 e. The molecule has 1 fully saturated rings. The average molecular weight is 509 g/mol. The highest BCUT2D eigenvalue weighted by Crippen LogP contribution is 2.34. The number of rotatable bonds is 6. The van der Waals surface area contributed by atoms with Gasteiger partial charge in [0.05, 0.1) is 19.8 Å². The molecular weight excluding hydrogens is 472 g/mol. The molecule has 0 bridgehead atoms. The van der Waals surface area contributed by atoms with Gasteiger partial charge in [0.25, 0.3) is 0 Å². The smallest absolute Gasteiger partial charge is 0.184 e. The zero-order valence-corrected chi connectivity index (χ0v) is 18.9. The van der Waals surface area contributed by atoms with Crippen LogP contribution in [0.2, 0.25) is 5.02 Å². The van der Waals surface area contributed by atoms with Crippen LogP contribution in [0.15, 0.2) is 42.5 Å². The molecule has 0 unspecified atom stereocenters. The molecule has 34 heavy (non-hydrogen) atoms. The molecule has 5 atom stereocenters. The van der Waals surface area contributed by atoms with Crippen LogP contribution in [-0.2, 0) is 11.2 Å². The lowest BCUT2D eigenvalue weighted by Crippen LogP contribution is -2.54. The van der Waals surface area contributed by atoms with Gasteiger partial charge in [-0.25, -0.2) is 0 Å². The van der Waals surface area contributed by atoms with Crippen molar-refractivity contribution in [3.05, 3.63) is 64.2 Å². The number of benzene rings is 2. The fourth-order valence-corrected chi connectivity index (χ4v) is 3.32. The van der Waals surface area contributed by atoms with E-state index in [2.05, 4.69) is 0 Å². The summed E-state index contributed by atoms with van der Waals surface area (Å²) in [5.74, 6) is 0.793. The summed E-state index contributed by atoms with van der Waals surface area (Å²) in [5.41, 5.74) is 2.39. The summed E-state index contributed by atoms with van der Waals surface area (Å²) >= 11 is 6.32. The summed E-state index contributed by atoms with van der Waals surface area (Å²) in [5, 5.41) is 55.3. The maximum atomic E-state index is 10.2. The number of hydrogen-bond donors (Lipinski definition) is 6. The van der Waals surface area contributed by atoms with Gasteiger partial charge in [-0.2, -0.15) is 0 Å². The number of ether oxygens (including phenoxy) is 2. The molecule has 3 rings (SSSR count). The van der Waals surface area contributed by atoms with Crippen LogP contribution in [0.3, 0.4) is 0 Å². The summed E-state index contributed by atoms with van der Waals surface area (Å²) in [6.45, 7) is 2.27. The molecule has 11 heteroatoms. The van der Waals surface area contributed by atoms with Crippen molar-refractivity contribution < 1.29 is 51.1 Å². The van der Waals surface area contributed by atoms with Crippen LogP contribution < -0.4 is 4.74 Å². The first kappa shape index (κ1) is 34.3. The van der Waals surface area contributed by atoms with E-state index in [0.29, 0.717) is 23.6 Å². The molecule has 0 spiro atoms. The Balaban J connectivity index is 0. The summed E-state index contributed by atoms with van der Waals surface area (Å²) in [7, 11) is 0. The van der Waals surface area contributed by atoms with Gasteiger partial charge in [-0.1, -0.05) is 43.3 Å². The summed E-state index contributed by atoms with van der Waals surface area (Å²) in [4.78, 5) is 0. The molecule has 196 valence electrons. The lowest BCUT2D eigenvalue weighted by Gasteiger charge is -2.38. The van der Waals surface area contributed by atoms with Gasteiger partial charge < -0.3 is 51.1 Å². The molecule has 0 saturated carbocycles. The molecular formula is C23H37ClO10. The van der Waals surface area contributed by atoms with Crippen LogP contribution in [0.1, 0.15) is 37.1 Å². The van der Waals surface area contributed by atoms with Gasteiger partial charge in [-0.05, 0) is 48.2 Å². The SMILES string of the molecule is C.CCOc1ccc(Cc2cc([C@@H]3O[C@H](O)[C@@H](O)[C@H](O)[C@H]3O)ccc2Cl)cc1.O.O.OCCO. The predicted octanol–water partition coefficient (Wildman–Crippen LogP) is -0.240. The lowest BCUT2D eigenvalue weighted by molar-refractivity contribution is -0.284. The standard InChI is InChI=1S/C20H23ClO6.C2H6O2.CH4.2H2O/c1-2-26-14-6-3-11(4-7-14)9-13-10-12(5-8-15(13)21)19-17(23)16(22)18(24)20(25)27-19;3-1-2-4;;;/h3-8,10,16-20,22-25H,2,9H2,1H3;3-4H,1-2H2;1H4;2*1H2/t16-,17-,18+,19+,20+;;;;/m1..../s1. The predicted molar refractivity (Wildman–Crippen MR) is 128 cm³/mol. The lowest BCUT2D eigenvalue weighted by atomic mass is 9.92. The minimum absolute atomic E-state index is 0. The average Bonchev–Trinajstić information content (AvgIpc) is 2.78. The third-order valence-corrected chi connectivity index (χ3v) is 5.08. The molecule has 0 radical (unpaired) electrons. The molecule has 0 aromatic heterocycles. The van der Waals surface area contributed by atoms with Crippen LogP contribution in [0.5, 0.6) is 5.75 Å². The monoisotopic (exact) mass is 508 g/mol. The zero-order valence-electron chi connectivity index (χ0n) is 18.1. The number of aliphatic hydroxyl groups is 6. The van der Waals surface area contributed by atoms with E-state index in [1.54, 1.807) is 18.2 Å². The second-order valence-corrected chi connectivity index (χ2v) is 7.38. The molecule has 10 N–H and O–H groups in total. The van der Waals surface area contributed by atoms with E-state index in [1.165, 1.54) is 0 Å². The number of hydrogen-bond acceptors (Lipinski definition) is 8. The van der Waals surface area contributed by atoms with Gasteiger partial charge in [0, 0.05) is 5.02 Å². The van der Waals surface area contributed by atoms with Crippen molar-refractivity contribution in [3.8, 4) is 5.75 Å². The van der Waals surface area contributed by atoms with Crippen LogP contribution in [0.25, 0.3) is 0 Å². The Bertz CT molecular complexity index is 803. The Hall–Kier alpha value is -1.83. The van der Waals surface area contributed by atoms with Crippen molar-refractivity contribution in [1.29, 1.82) is 0 Å². The van der Waals surface area contributed by atoms with E-state index in [-0.39, 0.29) is 31.6 Å². The van der Waals surface area contributed by atoms with Gasteiger partial charge in [0.1, 0.15) is 30.2 Å². The topological polar surface area (TPSA) is 203 Å². The van der Waals surface area contributed by atoms with Gasteiger partial charge in [0.15, 0.2) is 6.29 Å².